The van der Waals surface area contributed by atoms with E-state index >= 15 is 0 Å². The van der Waals surface area contributed by atoms with Gasteiger partial charge in [-0.25, -0.2) is 0 Å². The van der Waals surface area contributed by atoms with Crippen molar-refractivity contribution in [3.8, 4) is 0 Å². The summed E-state index contributed by atoms with van der Waals surface area (Å²) >= 11 is 3.34. The first kappa shape index (κ1) is 7.69. The summed E-state index contributed by atoms with van der Waals surface area (Å²) in [6.45, 7) is 0.563. The average Bonchev–Trinajstić information content (AvgIpc) is 2.05. The molecule has 0 bridgehead atoms. The topological polar surface area (TPSA) is 38.9 Å². The number of hydrogen-bond donors (Lipinski definition) is 1. The fourth-order valence-corrected chi connectivity index (χ4v) is 1.03. The highest BCUT2D eigenvalue weighted by Crippen LogP contribution is 2.05. The molecule has 0 spiro atoms. The van der Waals surface area contributed by atoms with Crippen LogP contribution in [0.4, 0.5) is 0 Å². The van der Waals surface area contributed by atoms with Crippen LogP contribution in [0, 0.1) is 0 Å². The fourth-order valence-electron chi connectivity index (χ4n) is 0.726. The monoisotopic (exact) mass is 200 g/mol. The SMILES string of the molecule is NCc1cncc(CBr)c1. The van der Waals surface area contributed by atoms with Gasteiger partial charge in [0.05, 0.1) is 0 Å². The second kappa shape index (κ2) is 3.68. The molecule has 0 aliphatic heterocycles. The zero-order chi connectivity index (χ0) is 7.40. The lowest BCUT2D eigenvalue weighted by atomic mass is 10.2. The van der Waals surface area contributed by atoms with E-state index in [4.69, 9.17) is 5.73 Å². The van der Waals surface area contributed by atoms with Crippen molar-refractivity contribution in [3.63, 3.8) is 0 Å². The van der Waals surface area contributed by atoms with Gasteiger partial charge in [-0.1, -0.05) is 22.0 Å². The molecule has 1 heterocycles. The Kier molecular flexibility index (Phi) is 2.83. The Morgan fingerprint density at radius 3 is 2.70 bits per heavy atom. The van der Waals surface area contributed by atoms with E-state index in [9.17, 15) is 0 Å². The summed E-state index contributed by atoms with van der Waals surface area (Å²) in [6.07, 6.45) is 3.61. The Balaban J connectivity index is 2.87. The molecule has 1 aromatic heterocycles. The molecule has 0 radical (unpaired) electrons. The molecule has 0 fully saturated rings. The molecule has 0 saturated heterocycles. The van der Waals surface area contributed by atoms with Gasteiger partial charge in [0.1, 0.15) is 0 Å². The molecule has 0 aliphatic rings. The van der Waals surface area contributed by atoms with Crippen molar-refractivity contribution in [1.82, 2.24) is 4.98 Å². The van der Waals surface area contributed by atoms with Crippen molar-refractivity contribution in [2.45, 2.75) is 11.9 Å². The van der Waals surface area contributed by atoms with Gasteiger partial charge in [0.25, 0.3) is 0 Å². The summed E-state index contributed by atoms with van der Waals surface area (Å²) in [6, 6.07) is 2.04. The molecular formula is C7H9BrN2. The molecule has 2 nitrogen and oxygen atoms in total. The Bertz CT molecular complexity index is 193. The van der Waals surface area contributed by atoms with Gasteiger partial charge in [-0.3, -0.25) is 4.98 Å². The number of pyridine rings is 1. The van der Waals surface area contributed by atoms with Crippen molar-refractivity contribution >= 4 is 15.9 Å². The molecule has 1 rings (SSSR count). The lowest BCUT2D eigenvalue weighted by Crippen LogP contribution is -1.97. The number of nitrogens with two attached hydrogens (primary N) is 1. The van der Waals surface area contributed by atoms with Gasteiger partial charge in [0.15, 0.2) is 0 Å². The van der Waals surface area contributed by atoms with E-state index in [1.165, 1.54) is 5.56 Å². The number of rotatable bonds is 2. The van der Waals surface area contributed by atoms with Gasteiger partial charge >= 0.3 is 0 Å². The molecule has 0 atom stereocenters. The first-order valence-corrected chi connectivity index (χ1v) is 4.18. The number of aromatic nitrogens is 1. The zero-order valence-electron chi connectivity index (χ0n) is 5.55. The van der Waals surface area contributed by atoms with Crippen LogP contribution in [-0.2, 0) is 11.9 Å². The molecule has 10 heavy (non-hydrogen) atoms. The van der Waals surface area contributed by atoms with Gasteiger partial charge in [0.2, 0.25) is 0 Å². The number of alkyl halides is 1. The minimum Gasteiger partial charge on any atom is -0.326 e. The Labute approximate surface area is 68.6 Å². The van der Waals surface area contributed by atoms with Crippen LogP contribution < -0.4 is 5.73 Å². The Hall–Kier alpha value is -0.410. The van der Waals surface area contributed by atoms with Crippen molar-refractivity contribution in [2.75, 3.05) is 0 Å². The van der Waals surface area contributed by atoms with Crippen LogP contribution in [0.2, 0.25) is 0 Å². The summed E-state index contributed by atoms with van der Waals surface area (Å²) in [5.74, 6) is 0. The standard InChI is InChI=1S/C7H9BrN2/c8-2-6-1-7(3-9)5-10-4-6/h1,4-5H,2-3,9H2. The second-order valence-corrected chi connectivity index (χ2v) is 2.60. The quantitative estimate of drug-likeness (QED) is 0.735. The van der Waals surface area contributed by atoms with Crippen LogP contribution in [0.1, 0.15) is 11.1 Å². The summed E-state index contributed by atoms with van der Waals surface area (Å²) < 4.78 is 0. The second-order valence-electron chi connectivity index (χ2n) is 2.04. The normalized spacial score (nSPS) is 9.80. The van der Waals surface area contributed by atoms with Crippen molar-refractivity contribution in [2.24, 2.45) is 5.73 Å². The molecule has 0 aliphatic carbocycles. The van der Waals surface area contributed by atoms with E-state index in [0.29, 0.717) is 6.54 Å². The van der Waals surface area contributed by atoms with Gasteiger partial charge in [-0.05, 0) is 11.1 Å². The van der Waals surface area contributed by atoms with Crippen molar-refractivity contribution in [3.05, 3.63) is 29.6 Å². The maximum absolute atomic E-state index is 5.42. The summed E-state index contributed by atoms with van der Waals surface area (Å²) in [7, 11) is 0. The van der Waals surface area contributed by atoms with E-state index < -0.39 is 0 Å². The largest absolute Gasteiger partial charge is 0.326 e. The number of halogens is 1. The lowest BCUT2D eigenvalue weighted by molar-refractivity contribution is 1.04. The minimum atomic E-state index is 0.563. The summed E-state index contributed by atoms with van der Waals surface area (Å²) in [4.78, 5) is 4.02. The first-order valence-electron chi connectivity index (χ1n) is 3.05. The van der Waals surface area contributed by atoms with Crippen LogP contribution in [-0.4, -0.2) is 4.98 Å². The van der Waals surface area contributed by atoms with E-state index in [1.54, 1.807) is 6.20 Å². The molecule has 0 amide bonds. The summed E-state index contributed by atoms with van der Waals surface area (Å²) in [5, 5.41) is 0.841. The predicted molar refractivity (Wildman–Crippen MR) is 44.8 cm³/mol. The third-order valence-corrected chi connectivity index (χ3v) is 1.89. The third kappa shape index (κ3) is 1.78. The zero-order valence-corrected chi connectivity index (χ0v) is 7.13. The van der Waals surface area contributed by atoms with E-state index in [1.807, 2.05) is 12.3 Å². The van der Waals surface area contributed by atoms with Crippen molar-refractivity contribution in [1.29, 1.82) is 0 Å². The lowest BCUT2D eigenvalue weighted by Gasteiger charge is -1.97. The highest BCUT2D eigenvalue weighted by atomic mass is 79.9. The first-order chi connectivity index (χ1) is 4.86. The smallest absolute Gasteiger partial charge is 0.0312 e. The molecule has 0 aromatic carbocycles. The molecule has 54 valence electrons. The van der Waals surface area contributed by atoms with Crippen LogP contribution >= 0.6 is 15.9 Å². The van der Waals surface area contributed by atoms with E-state index in [0.717, 1.165) is 10.9 Å². The molecular weight excluding hydrogens is 192 g/mol. The van der Waals surface area contributed by atoms with Gasteiger partial charge in [-0.15, -0.1) is 0 Å². The van der Waals surface area contributed by atoms with Crippen LogP contribution in [0.3, 0.4) is 0 Å². The van der Waals surface area contributed by atoms with Crippen LogP contribution in [0.5, 0.6) is 0 Å². The van der Waals surface area contributed by atoms with Crippen LogP contribution in [0.15, 0.2) is 18.5 Å². The third-order valence-electron chi connectivity index (χ3n) is 1.24. The Morgan fingerprint density at radius 2 is 2.10 bits per heavy atom. The molecule has 1 aromatic rings. The molecule has 3 heteroatoms. The van der Waals surface area contributed by atoms with Gasteiger partial charge in [0, 0.05) is 24.3 Å². The van der Waals surface area contributed by atoms with Gasteiger partial charge in [-0.2, -0.15) is 0 Å². The minimum absolute atomic E-state index is 0.563. The highest BCUT2D eigenvalue weighted by molar-refractivity contribution is 9.08. The predicted octanol–water partition coefficient (Wildman–Crippen LogP) is 1.44. The molecule has 2 N–H and O–H groups in total. The molecule has 0 unspecified atom stereocenters. The van der Waals surface area contributed by atoms with Crippen molar-refractivity contribution < 1.29 is 0 Å². The van der Waals surface area contributed by atoms with Gasteiger partial charge < -0.3 is 5.73 Å². The number of nitrogens with zero attached hydrogens (tertiary/aromatic N) is 1. The highest BCUT2D eigenvalue weighted by Gasteiger charge is 1.91. The maximum Gasteiger partial charge on any atom is 0.0312 e. The maximum atomic E-state index is 5.42. The van der Waals surface area contributed by atoms with E-state index in [-0.39, 0.29) is 0 Å². The molecule has 0 saturated carbocycles. The average molecular weight is 201 g/mol. The summed E-state index contributed by atoms with van der Waals surface area (Å²) in [5.41, 5.74) is 7.67. The Morgan fingerprint density at radius 1 is 1.40 bits per heavy atom. The van der Waals surface area contributed by atoms with E-state index in [2.05, 4.69) is 20.9 Å². The number of hydrogen-bond acceptors (Lipinski definition) is 2. The van der Waals surface area contributed by atoms with Crippen LogP contribution in [0.25, 0.3) is 0 Å². The fraction of sp³-hybridized carbons (Fsp3) is 0.286.